The number of hydrogen-bond donors (Lipinski definition) is 1. The minimum absolute atomic E-state index is 0.295. The van der Waals surface area contributed by atoms with Crippen molar-refractivity contribution in [2.24, 2.45) is 0 Å². The first kappa shape index (κ1) is 18.9. The van der Waals surface area contributed by atoms with Gasteiger partial charge in [-0.1, -0.05) is 15.9 Å². The molecular formula is C19H20BrNO4S. The van der Waals surface area contributed by atoms with Crippen LogP contribution in [0.15, 0.2) is 28.7 Å². The molecule has 138 valence electrons. The summed E-state index contributed by atoms with van der Waals surface area (Å²) in [6, 6.07) is 7.28. The normalized spacial score (nSPS) is 14.3. The minimum Gasteiger partial charge on any atom is -0.481 e. The summed E-state index contributed by atoms with van der Waals surface area (Å²) >= 11 is 4.83. The highest BCUT2D eigenvalue weighted by molar-refractivity contribution is 9.10. The van der Waals surface area contributed by atoms with Gasteiger partial charge < -0.3 is 14.8 Å². The smallest absolute Gasteiger partial charge is 0.341 e. The number of amides is 1. The topological polar surface area (TPSA) is 64.6 Å². The number of nitrogens with one attached hydrogen (secondary N) is 1. The van der Waals surface area contributed by atoms with Crippen molar-refractivity contribution in [3.05, 3.63) is 44.7 Å². The number of anilines is 1. The molecule has 1 heterocycles. The second-order valence-electron chi connectivity index (χ2n) is 6.11. The van der Waals surface area contributed by atoms with E-state index in [2.05, 4.69) is 21.2 Å². The Morgan fingerprint density at radius 1 is 1.19 bits per heavy atom. The number of carbonyl (C=O) groups is 2. The Morgan fingerprint density at radius 2 is 1.88 bits per heavy atom. The van der Waals surface area contributed by atoms with E-state index in [4.69, 9.17) is 9.47 Å². The van der Waals surface area contributed by atoms with Crippen molar-refractivity contribution in [3.8, 4) is 5.75 Å². The molecule has 1 atom stereocenters. The molecule has 0 saturated heterocycles. The van der Waals surface area contributed by atoms with E-state index in [9.17, 15) is 9.59 Å². The third-order valence-electron chi connectivity index (χ3n) is 4.29. The largest absolute Gasteiger partial charge is 0.481 e. The molecule has 1 aromatic carbocycles. The Morgan fingerprint density at radius 3 is 2.58 bits per heavy atom. The van der Waals surface area contributed by atoms with Gasteiger partial charge in [-0.3, -0.25) is 4.79 Å². The summed E-state index contributed by atoms with van der Waals surface area (Å²) in [5, 5.41) is 3.41. The van der Waals surface area contributed by atoms with Gasteiger partial charge in [0, 0.05) is 9.35 Å². The zero-order valence-corrected chi connectivity index (χ0v) is 17.0. The lowest BCUT2D eigenvalue weighted by Gasteiger charge is -2.15. The van der Waals surface area contributed by atoms with Gasteiger partial charge in [-0.2, -0.15) is 0 Å². The number of carbonyl (C=O) groups excluding carboxylic acids is 2. The maximum Gasteiger partial charge on any atom is 0.341 e. The Bertz CT molecular complexity index is 816. The van der Waals surface area contributed by atoms with Crippen LogP contribution in [0, 0.1) is 0 Å². The number of benzene rings is 1. The molecule has 7 heteroatoms. The molecule has 0 unspecified atom stereocenters. The summed E-state index contributed by atoms with van der Waals surface area (Å²) in [4.78, 5) is 26.0. The van der Waals surface area contributed by atoms with Crippen molar-refractivity contribution in [3.63, 3.8) is 0 Å². The molecule has 2 aromatic rings. The first-order valence-corrected chi connectivity index (χ1v) is 10.1. The van der Waals surface area contributed by atoms with Crippen LogP contribution in [-0.4, -0.2) is 25.1 Å². The predicted octanol–water partition coefficient (Wildman–Crippen LogP) is 4.58. The van der Waals surface area contributed by atoms with Gasteiger partial charge in [0.1, 0.15) is 10.8 Å². The van der Waals surface area contributed by atoms with Crippen LogP contribution in [0.25, 0.3) is 0 Å². The lowest BCUT2D eigenvalue weighted by atomic mass is 9.95. The third kappa shape index (κ3) is 4.10. The van der Waals surface area contributed by atoms with Gasteiger partial charge in [0.05, 0.1) is 12.7 Å². The van der Waals surface area contributed by atoms with E-state index in [-0.39, 0.29) is 5.91 Å². The fraction of sp³-hybridized carbons (Fsp3) is 0.368. The quantitative estimate of drug-likeness (QED) is 0.694. The number of fused-ring (bicyclic) bond motifs is 1. The van der Waals surface area contributed by atoms with Gasteiger partial charge in [-0.05, 0) is 62.4 Å². The number of esters is 1. The maximum atomic E-state index is 12.6. The molecule has 1 aliphatic rings. The van der Waals surface area contributed by atoms with Crippen molar-refractivity contribution in [1.82, 2.24) is 0 Å². The third-order valence-corrected chi connectivity index (χ3v) is 6.03. The summed E-state index contributed by atoms with van der Waals surface area (Å²) in [5.74, 6) is -0.0904. The summed E-state index contributed by atoms with van der Waals surface area (Å²) in [6.07, 6.45) is 3.23. The summed E-state index contributed by atoms with van der Waals surface area (Å²) < 4.78 is 11.6. The lowest BCUT2D eigenvalue weighted by Crippen LogP contribution is -2.30. The monoisotopic (exact) mass is 437 g/mol. The van der Waals surface area contributed by atoms with E-state index in [0.717, 1.165) is 40.6 Å². The van der Waals surface area contributed by atoms with Crippen LogP contribution in [0.5, 0.6) is 5.75 Å². The molecule has 1 aliphatic carbocycles. The SMILES string of the molecule is COC(=O)c1c(NC(=O)[C@H](C)Oc2ccc(Br)cc2)sc2c1CCCC2. The number of methoxy groups -OCH3 is 1. The van der Waals surface area contributed by atoms with Crippen molar-refractivity contribution >= 4 is 44.1 Å². The molecule has 1 aromatic heterocycles. The maximum absolute atomic E-state index is 12.6. The van der Waals surface area contributed by atoms with E-state index >= 15 is 0 Å². The zero-order chi connectivity index (χ0) is 18.7. The zero-order valence-electron chi connectivity index (χ0n) is 14.6. The van der Waals surface area contributed by atoms with Crippen molar-refractivity contribution in [1.29, 1.82) is 0 Å². The Balaban J connectivity index is 1.77. The number of hydrogen-bond acceptors (Lipinski definition) is 5. The number of thiophene rings is 1. The Hall–Kier alpha value is -1.86. The summed E-state index contributed by atoms with van der Waals surface area (Å²) in [7, 11) is 1.36. The molecule has 0 aliphatic heterocycles. The fourth-order valence-corrected chi connectivity index (χ4v) is 4.50. The molecule has 0 radical (unpaired) electrons. The van der Waals surface area contributed by atoms with Crippen LogP contribution in [-0.2, 0) is 22.4 Å². The van der Waals surface area contributed by atoms with Gasteiger partial charge >= 0.3 is 5.97 Å². The molecule has 0 spiro atoms. The Kier molecular flexibility index (Phi) is 5.98. The van der Waals surface area contributed by atoms with Crippen LogP contribution >= 0.6 is 27.3 Å². The second-order valence-corrected chi connectivity index (χ2v) is 8.13. The number of halogens is 1. The molecule has 26 heavy (non-hydrogen) atoms. The molecule has 0 fully saturated rings. The first-order valence-electron chi connectivity index (χ1n) is 8.45. The van der Waals surface area contributed by atoms with E-state index in [1.807, 2.05) is 12.1 Å². The van der Waals surface area contributed by atoms with Crippen LogP contribution in [0.2, 0.25) is 0 Å². The molecule has 1 amide bonds. The number of rotatable bonds is 5. The van der Waals surface area contributed by atoms with E-state index in [0.29, 0.717) is 16.3 Å². The second kappa shape index (κ2) is 8.22. The van der Waals surface area contributed by atoms with E-state index in [1.165, 1.54) is 18.4 Å². The molecule has 3 rings (SSSR count). The van der Waals surface area contributed by atoms with Crippen LogP contribution in [0.4, 0.5) is 5.00 Å². The number of aryl methyl sites for hydroxylation is 1. The highest BCUT2D eigenvalue weighted by atomic mass is 79.9. The predicted molar refractivity (Wildman–Crippen MR) is 105 cm³/mol. The van der Waals surface area contributed by atoms with Crippen LogP contribution in [0.1, 0.15) is 40.6 Å². The van der Waals surface area contributed by atoms with Gasteiger partial charge in [-0.25, -0.2) is 4.79 Å². The van der Waals surface area contributed by atoms with Gasteiger partial charge in [0.2, 0.25) is 0 Å². The van der Waals surface area contributed by atoms with Crippen LogP contribution < -0.4 is 10.1 Å². The standard InChI is InChI=1S/C19H20BrNO4S/c1-11(25-13-9-7-12(20)8-10-13)17(22)21-18-16(19(23)24-2)14-5-3-4-6-15(14)26-18/h7-11H,3-6H2,1-2H3,(H,21,22)/t11-/m0/s1. The van der Waals surface area contributed by atoms with Crippen molar-refractivity contribution < 1.29 is 19.1 Å². The molecule has 5 nitrogen and oxygen atoms in total. The van der Waals surface area contributed by atoms with Gasteiger partial charge in [-0.15, -0.1) is 11.3 Å². The van der Waals surface area contributed by atoms with Crippen molar-refractivity contribution in [2.75, 3.05) is 12.4 Å². The van der Waals surface area contributed by atoms with Crippen LogP contribution in [0.3, 0.4) is 0 Å². The highest BCUT2D eigenvalue weighted by Gasteiger charge is 2.28. The summed E-state index contributed by atoms with van der Waals surface area (Å²) in [5.41, 5.74) is 1.52. The number of ether oxygens (including phenoxy) is 2. The minimum atomic E-state index is -0.694. The Labute approximate surface area is 164 Å². The van der Waals surface area contributed by atoms with Gasteiger partial charge in [0.15, 0.2) is 6.10 Å². The van der Waals surface area contributed by atoms with Gasteiger partial charge in [0.25, 0.3) is 5.91 Å². The lowest BCUT2D eigenvalue weighted by molar-refractivity contribution is -0.122. The fourth-order valence-electron chi connectivity index (χ4n) is 2.96. The first-order chi connectivity index (χ1) is 12.5. The van der Waals surface area contributed by atoms with Crippen molar-refractivity contribution in [2.45, 2.75) is 38.7 Å². The highest BCUT2D eigenvalue weighted by Crippen LogP contribution is 2.38. The molecule has 1 N–H and O–H groups in total. The van der Waals surface area contributed by atoms with E-state index < -0.39 is 12.1 Å². The summed E-state index contributed by atoms with van der Waals surface area (Å²) in [6.45, 7) is 1.68. The molecular weight excluding hydrogens is 418 g/mol. The molecule has 0 bridgehead atoms. The van der Waals surface area contributed by atoms with E-state index in [1.54, 1.807) is 19.1 Å². The average molecular weight is 438 g/mol. The molecule has 0 saturated carbocycles. The average Bonchev–Trinajstić information content (AvgIpc) is 3.00.